The van der Waals surface area contributed by atoms with Crippen LogP contribution in [0, 0.1) is 23.4 Å². The molecule has 3 N–H and O–H groups in total. The highest BCUT2D eigenvalue weighted by molar-refractivity contribution is 7.89. The van der Waals surface area contributed by atoms with Crippen LogP contribution in [0.2, 0.25) is 0 Å². The van der Waals surface area contributed by atoms with Crippen molar-refractivity contribution < 1.29 is 21.6 Å². The summed E-state index contributed by atoms with van der Waals surface area (Å²) in [5, 5.41) is 0. The van der Waals surface area contributed by atoms with Crippen molar-refractivity contribution in [1.82, 2.24) is 4.72 Å². The summed E-state index contributed by atoms with van der Waals surface area (Å²) in [4.78, 5) is -0.905. The third kappa shape index (κ3) is 3.92. The van der Waals surface area contributed by atoms with Crippen molar-refractivity contribution in [1.29, 1.82) is 0 Å². The average Bonchev–Trinajstić information content (AvgIpc) is 2.96. The standard InChI is InChI=1S/C13H17F3N2O2S.ClH/c14-9-5-6-11(13(16)12(9)15)21(19,20)18-10(7-17)8-3-1-2-4-8;/h5-6,8,10,18H,1-4,7,17H2;1H. The maximum atomic E-state index is 13.6. The van der Waals surface area contributed by atoms with Gasteiger partial charge in [0.15, 0.2) is 17.5 Å². The number of sulfonamides is 1. The molecule has 1 fully saturated rings. The molecule has 0 aromatic heterocycles. The number of nitrogens with one attached hydrogen (secondary N) is 1. The fourth-order valence-corrected chi connectivity index (χ4v) is 4.06. The van der Waals surface area contributed by atoms with Crippen LogP contribution in [0.25, 0.3) is 0 Å². The van der Waals surface area contributed by atoms with Crippen molar-refractivity contribution in [2.24, 2.45) is 11.7 Å². The zero-order chi connectivity index (χ0) is 15.6. The zero-order valence-electron chi connectivity index (χ0n) is 11.7. The molecule has 0 bridgehead atoms. The third-order valence-corrected chi connectivity index (χ3v) is 5.33. The lowest BCUT2D eigenvalue weighted by molar-refractivity contribution is 0.401. The van der Waals surface area contributed by atoms with Crippen molar-refractivity contribution >= 4 is 22.4 Å². The Hall–Kier alpha value is -0.830. The van der Waals surface area contributed by atoms with E-state index in [0.717, 1.165) is 25.7 Å². The highest BCUT2D eigenvalue weighted by Crippen LogP contribution is 2.28. The van der Waals surface area contributed by atoms with Crippen molar-refractivity contribution in [3.8, 4) is 0 Å². The Kier molecular flexibility index (Phi) is 6.66. The zero-order valence-corrected chi connectivity index (χ0v) is 13.3. The minimum absolute atomic E-state index is 0. The molecule has 1 unspecified atom stereocenters. The molecule has 0 amide bonds. The van der Waals surface area contributed by atoms with E-state index in [1.54, 1.807) is 0 Å². The largest absolute Gasteiger partial charge is 0.329 e. The van der Waals surface area contributed by atoms with Crippen LogP contribution in [0.15, 0.2) is 17.0 Å². The fraction of sp³-hybridized carbons (Fsp3) is 0.538. The van der Waals surface area contributed by atoms with Crippen molar-refractivity contribution in [2.45, 2.75) is 36.6 Å². The van der Waals surface area contributed by atoms with E-state index in [4.69, 9.17) is 5.73 Å². The van der Waals surface area contributed by atoms with Crippen LogP contribution in [0.1, 0.15) is 25.7 Å². The highest BCUT2D eigenvalue weighted by Gasteiger charge is 2.31. The van der Waals surface area contributed by atoms with E-state index in [2.05, 4.69) is 4.72 Å². The van der Waals surface area contributed by atoms with Crippen molar-refractivity contribution in [2.75, 3.05) is 6.54 Å². The van der Waals surface area contributed by atoms with Gasteiger partial charge in [0.2, 0.25) is 10.0 Å². The van der Waals surface area contributed by atoms with E-state index in [1.165, 1.54) is 0 Å². The Bertz CT molecular complexity index is 622. The van der Waals surface area contributed by atoms with Crippen LogP contribution in [0.5, 0.6) is 0 Å². The monoisotopic (exact) mass is 358 g/mol. The van der Waals surface area contributed by atoms with Gasteiger partial charge >= 0.3 is 0 Å². The molecule has 1 aliphatic rings. The molecule has 0 radical (unpaired) electrons. The number of rotatable bonds is 5. The second kappa shape index (κ2) is 7.63. The Morgan fingerprint density at radius 3 is 2.32 bits per heavy atom. The minimum atomic E-state index is -4.29. The van der Waals surface area contributed by atoms with E-state index >= 15 is 0 Å². The fourth-order valence-electron chi connectivity index (χ4n) is 2.68. The van der Waals surface area contributed by atoms with Gasteiger partial charge in [-0.3, -0.25) is 0 Å². The SMILES string of the molecule is Cl.NCC(NS(=O)(=O)c1ccc(F)c(F)c1F)C1CCCC1. The molecule has 4 nitrogen and oxygen atoms in total. The summed E-state index contributed by atoms with van der Waals surface area (Å²) in [6.07, 6.45) is 3.65. The maximum Gasteiger partial charge on any atom is 0.243 e. The van der Waals surface area contributed by atoms with Gasteiger partial charge in [-0.2, -0.15) is 0 Å². The number of hydrogen-bond donors (Lipinski definition) is 2. The summed E-state index contributed by atoms with van der Waals surface area (Å²) in [6, 6.07) is 0.753. The van der Waals surface area contributed by atoms with Crippen molar-refractivity contribution in [3.63, 3.8) is 0 Å². The van der Waals surface area contributed by atoms with Gasteiger partial charge in [-0.05, 0) is 30.9 Å². The lowest BCUT2D eigenvalue weighted by Gasteiger charge is -2.23. The summed E-state index contributed by atoms with van der Waals surface area (Å²) in [5.74, 6) is -4.87. The molecule has 1 atom stereocenters. The highest BCUT2D eigenvalue weighted by atomic mass is 35.5. The van der Waals surface area contributed by atoms with E-state index in [-0.39, 0.29) is 24.9 Å². The molecule has 126 valence electrons. The summed E-state index contributed by atoms with van der Waals surface area (Å²) in [5.41, 5.74) is 5.58. The summed E-state index contributed by atoms with van der Waals surface area (Å²) in [7, 11) is -4.29. The number of benzene rings is 1. The molecule has 1 aromatic rings. The quantitative estimate of drug-likeness (QED) is 0.793. The van der Waals surface area contributed by atoms with E-state index < -0.39 is 38.4 Å². The van der Waals surface area contributed by atoms with Crippen LogP contribution in [-0.4, -0.2) is 21.0 Å². The maximum absolute atomic E-state index is 13.6. The summed E-state index contributed by atoms with van der Waals surface area (Å²) in [6.45, 7) is 0.0647. The van der Waals surface area contributed by atoms with Crippen LogP contribution >= 0.6 is 12.4 Å². The molecule has 1 aromatic carbocycles. The Balaban J connectivity index is 0.00000242. The second-order valence-corrected chi connectivity index (χ2v) is 6.86. The predicted molar refractivity (Wildman–Crippen MR) is 78.7 cm³/mol. The summed E-state index contributed by atoms with van der Waals surface area (Å²) >= 11 is 0. The number of halogens is 4. The number of nitrogens with two attached hydrogens (primary N) is 1. The van der Waals surface area contributed by atoms with E-state index in [9.17, 15) is 21.6 Å². The average molecular weight is 359 g/mol. The first-order valence-corrected chi connectivity index (χ1v) is 8.21. The number of hydrogen-bond acceptors (Lipinski definition) is 3. The topological polar surface area (TPSA) is 72.2 Å². The van der Waals surface area contributed by atoms with Crippen LogP contribution in [0.4, 0.5) is 13.2 Å². The van der Waals surface area contributed by atoms with Gasteiger partial charge in [0.25, 0.3) is 0 Å². The van der Waals surface area contributed by atoms with Gasteiger partial charge < -0.3 is 5.73 Å². The van der Waals surface area contributed by atoms with Gasteiger partial charge in [0.05, 0.1) is 0 Å². The lowest BCUT2D eigenvalue weighted by Crippen LogP contribution is -2.44. The molecular weight excluding hydrogens is 341 g/mol. The normalized spacial score (nSPS) is 17.3. The van der Waals surface area contributed by atoms with Crippen LogP contribution in [-0.2, 0) is 10.0 Å². The third-order valence-electron chi connectivity index (χ3n) is 3.82. The molecule has 1 saturated carbocycles. The van der Waals surface area contributed by atoms with Crippen LogP contribution in [0.3, 0.4) is 0 Å². The van der Waals surface area contributed by atoms with Gasteiger partial charge in [0.1, 0.15) is 4.90 Å². The smallest absolute Gasteiger partial charge is 0.243 e. The van der Waals surface area contributed by atoms with Gasteiger partial charge in [-0.15, -0.1) is 12.4 Å². The second-order valence-electron chi connectivity index (χ2n) is 5.18. The molecule has 22 heavy (non-hydrogen) atoms. The Morgan fingerprint density at radius 2 is 1.77 bits per heavy atom. The molecule has 0 aliphatic heterocycles. The first-order chi connectivity index (χ1) is 9.86. The molecule has 0 spiro atoms. The van der Waals surface area contributed by atoms with Gasteiger partial charge in [-0.1, -0.05) is 12.8 Å². The van der Waals surface area contributed by atoms with Crippen LogP contribution < -0.4 is 10.5 Å². The Labute approximate surface area is 133 Å². The predicted octanol–water partition coefficient (Wildman–Crippen LogP) is 2.32. The lowest BCUT2D eigenvalue weighted by atomic mass is 9.99. The van der Waals surface area contributed by atoms with E-state index in [0.29, 0.717) is 12.1 Å². The molecular formula is C13H18ClF3N2O2S. The van der Waals surface area contributed by atoms with Gasteiger partial charge in [0, 0.05) is 12.6 Å². The first kappa shape index (κ1) is 19.2. The molecule has 0 saturated heterocycles. The molecule has 0 heterocycles. The minimum Gasteiger partial charge on any atom is -0.329 e. The van der Waals surface area contributed by atoms with Crippen molar-refractivity contribution in [3.05, 3.63) is 29.6 Å². The molecule has 2 rings (SSSR count). The van der Waals surface area contributed by atoms with Gasteiger partial charge in [-0.25, -0.2) is 26.3 Å². The first-order valence-electron chi connectivity index (χ1n) is 6.72. The summed E-state index contributed by atoms with van der Waals surface area (Å²) < 4.78 is 66.3. The Morgan fingerprint density at radius 1 is 1.18 bits per heavy atom. The molecule has 9 heteroatoms. The van der Waals surface area contributed by atoms with E-state index in [1.807, 2.05) is 0 Å². The molecule has 1 aliphatic carbocycles.